The lowest BCUT2D eigenvalue weighted by molar-refractivity contribution is 0.354. The van der Waals surface area contributed by atoms with Crippen molar-refractivity contribution in [3.05, 3.63) is 193 Å². The maximum absolute atomic E-state index is 5.21. The number of hydrogen-bond acceptors (Lipinski definition) is 3. The molecule has 0 atom stereocenters. The van der Waals surface area contributed by atoms with Gasteiger partial charge in [-0.25, -0.2) is 15.0 Å². The Morgan fingerprint density at radius 2 is 0.966 bits per heavy atom. The van der Waals surface area contributed by atoms with E-state index in [-0.39, 0.29) is 5.41 Å². The fraction of sp³-hybridized carbons (Fsp3) is 0.109. The van der Waals surface area contributed by atoms with Gasteiger partial charge in [0.2, 0.25) is 0 Å². The van der Waals surface area contributed by atoms with Gasteiger partial charge in [0.25, 0.3) is 0 Å². The highest BCUT2D eigenvalue weighted by Gasteiger charge is 2.46. The van der Waals surface area contributed by atoms with Crippen LogP contribution in [-0.4, -0.2) is 19.5 Å². The van der Waals surface area contributed by atoms with Crippen LogP contribution in [0.15, 0.2) is 182 Å². The van der Waals surface area contributed by atoms with E-state index in [0.29, 0.717) is 17.5 Å². The van der Waals surface area contributed by atoms with Crippen molar-refractivity contribution in [1.29, 1.82) is 0 Å². The van der Waals surface area contributed by atoms with Crippen LogP contribution >= 0.6 is 0 Å². The maximum Gasteiger partial charge on any atom is 0.164 e. The third-order valence-electron chi connectivity index (χ3n) is 13.0. The summed E-state index contributed by atoms with van der Waals surface area (Å²) < 4.78 is 2.56. The van der Waals surface area contributed by atoms with Crippen molar-refractivity contribution in [1.82, 2.24) is 19.5 Å². The number of hydrogen-bond donors (Lipinski definition) is 0. The van der Waals surface area contributed by atoms with Crippen LogP contribution in [0.4, 0.5) is 0 Å². The average molecular weight is 757 g/mol. The second-order valence-corrected chi connectivity index (χ2v) is 16.2. The molecule has 2 aliphatic rings. The second-order valence-electron chi connectivity index (χ2n) is 16.2. The van der Waals surface area contributed by atoms with Gasteiger partial charge in [-0.05, 0) is 75.2 Å². The summed E-state index contributed by atoms with van der Waals surface area (Å²) in [6.07, 6.45) is 6.08. The quantitative estimate of drug-likeness (QED) is 0.176. The molecular formula is C55H40N4. The first-order valence-electron chi connectivity index (χ1n) is 20.9. The van der Waals surface area contributed by atoms with Gasteiger partial charge >= 0.3 is 0 Å². The predicted molar refractivity (Wildman–Crippen MR) is 243 cm³/mol. The number of aromatic nitrogens is 4. The molecule has 0 bridgehead atoms. The zero-order valence-electron chi connectivity index (χ0n) is 32.6. The fourth-order valence-electron chi connectivity index (χ4n) is 10.4. The minimum atomic E-state index is -0.0417. The highest BCUT2D eigenvalue weighted by Crippen LogP contribution is 2.61. The lowest BCUT2D eigenvalue weighted by atomic mass is 9.67. The van der Waals surface area contributed by atoms with Crippen LogP contribution in [0.2, 0.25) is 0 Å². The maximum atomic E-state index is 5.21. The molecule has 0 saturated heterocycles. The Hall–Kier alpha value is -7.17. The SMILES string of the molecule is c1ccc(-c2ccc(-c3nc(-c4ccccc4)nc(-c4cccc(-n5c6ccccc6c6c7ccccc7c7c(c65)C5(CCCCC5)c5ccccc5-7)c4)n3)cc2)cc1. The van der Waals surface area contributed by atoms with Crippen LogP contribution in [0.1, 0.15) is 43.2 Å². The van der Waals surface area contributed by atoms with E-state index in [1.807, 2.05) is 24.3 Å². The topological polar surface area (TPSA) is 43.6 Å². The van der Waals surface area contributed by atoms with Gasteiger partial charge in [-0.15, -0.1) is 0 Å². The first-order chi connectivity index (χ1) is 29.2. The molecule has 0 amide bonds. The molecule has 2 aliphatic carbocycles. The molecule has 0 unspecified atom stereocenters. The van der Waals surface area contributed by atoms with Crippen LogP contribution in [0, 0.1) is 0 Å². The Morgan fingerprint density at radius 3 is 1.71 bits per heavy atom. The predicted octanol–water partition coefficient (Wildman–Crippen LogP) is 14.0. The molecule has 2 aromatic heterocycles. The molecule has 0 aliphatic heterocycles. The van der Waals surface area contributed by atoms with Crippen molar-refractivity contribution in [3.63, 3.8) is 0 Å². The van der Waals surface area contributed by atoms with Gasteiger partial charge in [-0.3, -0.25) is 0 Å². The van der Waals surface area contributed by atoms with E-state index >= 15 is 0 Å². The van der Waals surface area contributed by atoms with Crippen molar-refractivity contribution in [2.75, 3.05) is 0 Å². The molecule has 280 valence electrons. The van der Waals surface area contributed by atoms with E-state index in [1.54, 1.807) is 0 Å². The van der Waals surface area contributed by atoms with Crippen molar-refractivity contribution < 1.29 is 0 Å². The van der Waals surface area contributed by atoms with Crippen LogP contribution < -0.4 is 0 Å². The Bertz CT molecular complexity index is 3230. The Morgan fingerprint density at radius 1 is 0.424 bits per heavy atom. The van der Waals surface area contributed by atoms with Gasteiger partial charge < -0.3 is 4.57 Å². The zero-order valence-corrected chi connectivity index (χ0v) is 32.6. The number of fused-ring (bicyclic) bond motifs is 12. The number of rotatable bonds is 5. The van der Waals surface area contributed by atoms with Crippen molar-refractivity contribution in [3.8, 4) is 62.1 Å². The molecule has 4 nitrogen and oxygen atoms in total. The molecule has 10 aromatic rings. The molecule has 8 aromatic carbocycles. The largest absolute Gasteiger partial charge is 0.309 e. The summed E-state index contributed by atoms with van der Waals surface area (Å²) >= 11 is 0. The Labute approximate surface area is 343 Å². The van der Waals surface area contributed by atoms with Crippen molar-refractivity contribution in [2.45, 2.75) is 37.5 Å². The van der Waals surface area contributed by atoms with Gasteiger partial charge in [-0.1, -0.05) is 183 Å². The Balaban J connectivity index is 1.10. The number of para-hydroxylation sites is 1. The van der Waals surface area contributed by atoms with Gasteiger partial charge in [0.1, 0.15) is 0 Å². The molecule has 2 heterocycles. The van der Waals surface area contributed by atoms with Crippen molar-refractivity contribution >= 4 is 32.6 Å². The second kappa shape index (κ2) is 13.5. The van der Waals surface area contributed by atoms with E-state index in [9.17, 15) is 0 Å². The van der Waals surface area contributed by atoms with Gasteiger partial charge in [0.05, 0.1) is 11.0 Å². The fourth-order valence-corrected chi connectivity index (χ4v) is 10.4. The summed E-state index contributed by atoms with van der Waals surface area (Å²) in [6.45, 7) is 0. The van der Waals surface area contributed by atoms with E-state index in [4.69, 9.17) is 15.0 Å². The molecular weight excluding hydrogens is 717 g/mol. The summed E-state index contributed by atoms with van der Waals surface area (Å²) in [5.41, 5.74) is 14.6. The van der Waals surface area contributed by atoms with E-state index in [1.165, 1.54) is 79.7 Å². The highest BCUT2D eigenvalue weighted by atomic mass is 15.0. The molecule has 59 heavy (non-hydrogen) atoms. The van der Waals surface area contributed by atoms with Gasteiger partial charge in [-0.2, -0.15) is 0 Å². The molecule has 0 N–H and O–H groups in total. The zero-order chi connectivity index (χ0) is 38.9. The van der Waals surface area contributed by atoms with Crippen molar-refractivity contribution in [2.24, 2.45) is 0 Å². The first-order valence-corrected chi connectivity index (χ1v) is 20.9. The first kappa shape index (κ1) is 33.9. The average Bonchev–Trinajstić information content (AvgIpc) is 3.80. The smallest absolute Gasteiger partial charge is 0.164 e. The lowest BCUT2D eigenvalue weighted by Gasteiger charge is -2.36. The third-order valence-corrected chi connectivity index (χ3v) is 13.0. The Kier molecular flexibility index (Phi) is 7.74. The molecule has 0 radical (unpaired) electrons. The third kappa shape index (κ3) is 5.26. The summed E-state index contributed by atoms with van der Waals surface area (Å²) in [5, 5.41) is 5.28. The normalized spacial score (nSPS) is 14.2. The highest BCUT2D eigenvalue weighted by molar-refractivity contribution is 6.27. The molecule has 1 spiro atoms. The number of benzene rings is 8. The summed E-state index contributed by atoms with van der Waals surface area (Å²) in [6, 6.07) is 65.5. The summed E-state index contributed by atoms with van der Waals surface area (Å²) in [4.78, 5) is 15.5. The lowest BCUT2D eigenvalue weighted by Crippen LogP contribution is -2.28. The molecule has 12 rings (SSSR count). The van der Waals surface area contributed by atoms with Crippen LogP contribution in [0.3, 0.4) is 0 Å². The van der Waals surface area contributed by atoms with E-state index in [0.717, 1.165) is 40.8 Å². The minimum Gasteiger partial charge on any atom is -0.309 e. The van der Waals surface area contributed by atoms with Crippen LogP contribution in [0.25, 0.3) is 94.7 Å². The van der Waals surface area contributed by atoms with Crippen LogP contribution in [-0.2, 0) is 5.41 Å². The molecule has 1 fully saturated rings. The molecule has 1 saturated carbocycles. The van der Waals surface area contributed by atoms with Gasteiger partial charge in [0, 0.05) is 38.6 Å². The number of nitrogens with zero attached hydrogens (tertiary/aromatic N) is 4. The monoisotopic (exact) mass is 756 g/mol. The minimum absolute atomic E-state index is 0.0417. The van der Waals surface area contributed by atoms with Gasteiger partial charge in [0.15, 0.2) is 17.5 Å². The van der Waals surface area contributed by atoms with Crippen LogP contribution in [0.5, 0.6) is 0 Å². The summed E-state index contributed by atoms with van der Waals surface area (Å²) in [7, 11) is 0. The van der Waals surface area contributed by atoms with E-state index < -0.39 is 0 Å². The summed E-state index contributed by atoms with van der Waals surface area (Å²) in [5.74, 6) is 1.95. The standard InChI is InChI=1S/C55H40N4/c1-4-17-36(18-5-1)37-29-31-39(32-30-37)53-56-52(38-19-6-2-7-20-38)57-54(58-53)40-21-16-22-41(35-40)59-47-28-13-11-26-45(47)49-43-24-9-8-23-42(43)48-44-25-10-12-27-46(44)55(50(48)51(49)59)33-14-3-15-34-55/h1-2,4-13,16-32,35H,3,14-15,33-34H2. The van der Waals surface area contributed by atoms with E-state index in [2.05, 4.69) is 162 Å². The molecule has 4 heteroatoms.